The quantitative estimate of drug-likeness (QED) is 0.552. The lowest BCUT2D eigenvalue weighted by atomic mass is 10.1. The van der Waals surface area contributed by atoms with Gasteiger partial charge in [0.1, 0.15) is 0 Å². The van der Waals surface area contributed by atoms with Gasteiger partial charge in [-0.15, -0.1) is 23.4 Å². The van der Waals surface area contributed by atoms with Crippen LogP contribution in [0.1, 0.15) is 19.8 Å². The molecule has 0 saturated heterocycles. The first-order valence-corrected chi connectivity index (χ1v) is 6.87. The van der Waals surface area contributed by atoms with Crippen molar-refractivity contribution in [2.75, 3.05) is 5.88 Å². The van der Waals surface area contributed by atoms with Gasteiger partial charge in [0.05, 0.1) is 0 Å². The summed E-state index contributed by atoms with van der Waals surface area (Å²) in [5.41, 5.74) is 0. The average Bonchev–Trinajstić information content (AvgIpc) is 3.05. The Balaban J connectivity index is 2.09. The maximum absolute atomic E-state index is 6.08. The van der Waals surface area contributed by atoms with E-state index in [0.29, 0.717) is 5.88 Å². The fourth-order valence-corrected chi connectivity index (χ4v) is 3.46. The van der Waals surface area contributed by atoms with Crippen molar-refractivity contribution in [3.8, 4) is 0 Å². The molecule has 0 aromatic heterocycles. The van der Waals surface area contributed by atoms with Crippen LogP contribution in [0.5, 0.6) is 0 Å². The maximum atomic E-state index is 6.08. The zero-order valence-electron chi connectivity index (χ0n) is 8.67. The van der Waals surface area contributed by atoms with E-state index in [1.165, 1.54) is 17.7 Å². The van der Waals surface area contributed by atoms with Crippen LogP contribution in [0.2, 0.25) is 5.02 Å². The van der Waals surface area contributed by atoms with Crippen LogP contribution in [0.4, 0.5) is 0 Å². The Morgan fingerprint density at radius 2 is 1.93 bits per heavy atom. The molecular weight excluding hydrogens is 247 g/mol. The number of hydrogen-bond acceptors (Lipinski definition) is 1. The molecule has 3 heteroatoms. The summed E-state index contributed by atoms with van der Waals surface area (Å²) < 4.78 is 0.190. The maximum Gasteiger partial charge on any atom is 0.0406 e. The van der Waals surface area contributed by atoms with Crippen molar-refractivity contribution in [3.05, 3.63) is 29.3 Å². The predicted molar refractivity (Wildman–Crippen MR) is 69.2 cm³/mol. The van der Waals surface area contributed by atoms with Crippen molar-refractivity contribution >= 4 is 35.0 Å². The zero-order valence-corrected chi connectivity index (χ0v) is 11.0. The first-order chi connectivity index (χ1) is 7.14. The van der Waals surface area contributed by atoms with E-state index in [-0.39, 0.29) is 4.75 Å². The summed E-state index contributed by atoms with van der Waals surface area (Å²) in [6, 6.07) is 8.01. The van der Waals surface area contributed by atoms with E-state index in [0.717, 1.165) is 10.9 Å². The molecule has 82 valence electrons. The molecule has 0 heterocycles. The molecule has 1 aliphatic carbocycles. The van der Waals surface area contributed by atoms with Crippen LogP contribution in [0, 0.1) is 5.92 Å². The minimum absolute atomic E-state index is 0.190. The highest BCUT2D eigenvalue weighted by Crippen LogP contribution is 2.50. The third-order valence-electron chi connectivity index (χ3n) is 2.87. The van der Waals surface area contributed by atoms with Gasteiger partial charge in [-0.2, -0.15) is 0 Å². The van der Waals surface area contributed by atoms with Gasteiger partial charge < -0.3 is 0 Å². The first-order valence-electron chi connectivity index (χ1n) is 5.14. The fraction of sp³-hybridized carbons (Fsp3) is 0.500. The van der Waals surface area contributed by atoms with Gasteiger partial charge in [-0.3, -0.25) is 0 Å². The van der Waals surface area contributed by atoms with Gasteiger partial charge in [0.25, 0.3) is 0 Å². The number of rotatable bonds is 4. The van der Waals surface area contributed by atoms with E-state index in [1.807, 2.05) is 23.9 Å². The average molecular weight is 261 g/mol. The number of hydrogen-bond donors (Lipinski definition) is 0. The molecule has 0 N–H and O–H groups in total. The summed E-state index contributed by atoms with van der Waals surface area (Å²) in [6.07, 6.45) is 2.65. The minimum Gasteiger partial charge on any atom is -0.125 e. The summed E-state index contributed by atoms with van der Waals surface area (Å²) >= 11 is 13.8. The highest BCUT2D eigenvalue weighted by molar-refractivity contribution is 8.00. The summed E-state index contributed by atoms with van der Waals surface area (Å²) in [5, 5.41) is 0.790. The molecule has 1 fully saturated rings. The van der Waals surface area contributed by atoms with Gasteiger partial charge in [-0.1, -0.05) is 11.6 Å². The molecule has 0 bridgehead atoms. The van der Waals surface area contributed by atoms with Crippen LogP contribution >= 0.6 is 35.0 Å². The zero-order chi connectivity index (χ0) is 10.9. The summed E-state index contributed by atoms with van der Waals surface area (Å²) in [7, 11) is 0. The van der Waals surface area contributed by atoms with Crippen molar-refractivity contribution in [1.29, 1.82) is 0 Å². The molecule has 0 amide bonds. The number of alkyl halides is 1. The van der Waals surface area contributed by atoms with Gasteiger partial charge in [-0.25, -0.2) is 0 Å². The Kier molecular flexibility index (Phi) is 3.54. The molecule has 0 aliphatic heterocycles. The smallest absolute Gasteiger partial charge is 0.0406 e. The van der Waals surface area contributed by atoms with Gasteiger partial charge >= 0.3 is 0 Å². The van der Waals surface area contributed by atoms with E-state index in [4.69, 9.17) is 23.2 Å². The van der Waals surface area contributed by atoms with Crippen LogP contribution in [-0.2, 0) is 0 Å². The third-order valence-corrected chi connectivity index (χ3v) is 5.29. The Labute approximate surface area is 105 Å². The van der Waals surface area contributed by atoms with Crippen molar-refractivity contribution in [3.63, 3.8) is 0 Å². The molecule has 0 nitrogen and oxygen atoms in total. The summed E-state index contributed by atoms with van der Waals surface area (Å²) in [4.78, 5) is 1.26. The highest BCUT2D eigenvalue weighted by atomic mass is 35.5. The van der Waals surface area contributed by atoms with Crippen molar-refractivity contribution in [1.82, 2.24) is 0 Å². The molecule has 1 aromatic rings. The standard InChI is InChI=1S/C12H14Cl2S/c1-12(8-13,9-2-3-9)15-11-6-4-10(14)5-7-11/h4-7,9H,2-3,8H2,1H3. The molecule has 1 atom stereocenters. The molecule has 15 heavy (non-hydrogen) atoms. The molecule has 2 rings (SSSR count). The number of benzene rings is 1. The Hall–Kier alpha value is 0.150. The molecule has 1 saturated carbocycles. The van der Waals surface area contributed by atoms with Crippen LogP contribution in [-0.4, -0.2) is 10.6 Å². The SMILES string of the molecule is CC(CCl)(Sc1ccc(Cl)cc1)C1CC1. The summed E-state index contributed by atoms with van der Waals surface area (Å²) in [6.45, 7) is 2.26. The van der Waals surface area contributed by atoms with Gasteiger partial charge in [0.15, 0.2) is 0 Å². The molecule has 1 aromatic carbocycles. The lowest BCUT2D eigenvalue weighted by Crippen LogP contribution is -2.24. The van der Waals surface area contributed by atoms with Crippen molar-refractivity contribution < 1.29 is 0 Å². The monoisotopic (exact) mass is 260 g/mol. The second kappa shape index (κ2) is 4.57. The van der Waals surface area contributed by atoms with E-state index in [2.05, 4.69) is 19.1 Å². The second-order valence-corrected chi connectivity index (χ2v) is 6.59. The van der Waals surface area contributed by atoms with Crippen molar-refractivity contribution in [2.24, 2.45) is 5.92 Å². The van der Waals surface area contributed by atoms with E-state index < -0.39 is 0 Å². The third kappa shape index (κ3) is 2.83. The van der Waals surface area contributed by atoms with Crippen LogP contribution < -0.4 is 0 Å². The van der Waals surface area contributed by atoms with E-state index in [1.54, 1.807) is 0 Å². The molecule has 0 spiro atoms. The molecule has 1 aliphatic rings. The second-order valence-electron chi connectivity index (χ2n) is 4.28. The topological polar surface area (TPSA) is 0 Å². The van der Waals surface area contributed by atoms with Gasteiger partial charge in [-0.05, 0) is 49.9 Å². The minimum atomic E-state index is 0.190. The fourth-order valence-electron chi connectivity index (χ4n) is 1.69. The number of thioether (sulfide) groups is 1. The van der Waals surface area contributed by atoms with Crippen LogP contribution in [0.3, 0.4) is 0 Å². The van der Waals surface area contributed by atoms with Crippen molar-refractivity contribution in [2.45, 2.75) is 29.4 Å². The van der Waals surface area contributed by atoms with Crippen LogP contribution in [0.15, 0.2) is 29.2 Å². The first kappa shape index (κ1) is 11.6. The summed E-state index contributed by atoms with van der Waals surface area (Å²) in [5.74, 6) is 1.50. The molecule has 1 unspecified atom stereocenters. The molecular formula is C12H14Cl2S. The highest BCUT2D eigenvalue weighted by Gasteiger charge is 2.41. The molecule has 0 radical (unpaired) electrons. The normalized spacial score (nSPS) is 19.9. The van der Waals surface area contributed by atoms with E-state index in [9.17, 15) is 0 Å². The predicted octanol–water partition coefficient (Wildman–Crippen LogP) is 4.84. The van der Waals surface area contributed by atoms with Gasteiger partial charge in [0.2, 0.25) is 0 Å². The Bertz CT molecular complexity index is 332. The lowest BCUT2D eigenvalue weighted by Gasteiger charge is -2.26. The van der Waals surface area contributed by atoms with Crippen LogP contribution in [0.25, 0.3) is 0 Å². The lowest BCUT2D eigenvalue weighted by molar-refractivity contribution is 0.626. The Morgan fingerprint density at radius 1 is 1.33 bits per heavy atom. The van der Waals surface area contributed by atoms with E-state index >= 15 is 0 Å². The largest absolute Gasteiger partial charge is 0.125 e. The Morgan fingerprint density at radius 3 is 2.40 bits per heavy atom. The van der Waals surface area contributed by atoms with Gasteiger partial charge in [0, 0.05) is 20.5 Å². The number of halogens is 2.